The van der Waals surface area contributed by atoms with Gasteiger partial charge in [0.2, 0.25) is 0 Å². The Hall–Kier alpha value is -1.35. The van der Waals surface area contributed by atoms with E-state index in [1.165, 1.54) is 0 Å². The summed E-state index contributed by atoms with van der Waals surface area (Å²) in [7, 11) is 0. The van der Waals surface area contributed by atoms with Crippen molar-refractivity contribution in [2.24, 2.45) is 5.73 Å². The van der Waals surface area contributed by atoms with Crippen LogP contribution in [0.3, 0.4) is 0 Å². The normalized spacial score (nSPS) is 11.2. The monoisotopic (exact) mass is 220 g/mol. The van der Waals surface area contributed by atoms with E-state index in [0.717, 1.165) is 12.0 Å². The summed E-state index contributed by atoms with van der Waals surface area (Å²) in [5.74, 6) is -0.0397. The van der Waals surface area contributed by atoms with Crippen LogP contribution in [-0.4, -0.2) is 11.4 Å². The van der Waals surface area contributed by atoms with E-state index in [9.17, 15) is 4.79 Å². The number of hydrogen-bond acceptors (Lipinski definition) is 2. The van der Waals surface area contributed by atoms with Crippen LogP contribution in [-0.2, 0) is 6.54 Å². The van der Waals surface area contributed by atoms with Crippen LogP contribution in [0.15, 0.2) is 24.3 Å². The predicted molar refractivity (Wildman–Crippen MR) is 66.2 cm³/mol. The molecule has 0 aromatic heterocycles. The van der Waals surface area contributed by atoms with Crippen molar-refractivity contribution >= 4 is 5.91 Å². The minimum absolute atomic E-state index is 0.0397. The highest BCUT2D eigenvalue weighted by Crippen LogP contribution is 2.10. The third-order valence-electron chi connectivity index (χ3n) is 2.76. The van der Waals surface area contributed by atoms with E-state index in [2.05, 4.69) is 12.2 Å². The lowest BCUT2D eigenvalue weighted by Crippen LogP contribution is -2.42. The summed E-state index contributed by atoms with van der Waals surface area (Å²) in [6.07, 6.45) is 0.898. The molecular weight excluding hydrogens is 200 g/mol. The lowest BCUT2D eigenvalue weighted by Gasteiger charge is -2.24. The number of carbonyl (C=O) groups is 1. The van der Waals surface area contributed by atoms with E-state index in [-0.39, 0.29) is 11.4 Å². The van der Waals surface area contributed by atoms with Gasteiger partial charge >= 0.3 is 0 Å². The number of benzene rings is 1. The van der Waals surface area contributed by atoms with Crippen LogP contribution in [0, 0.1) is 0 Å². The summed E-state index contributed by atoms with van der Waals surface area (Å²) in [5, 5.41) is 2.99. The molecule has 3 N–H and O–H groups in total. The molecule has 0 aliphatic carbocycles. The molecule has 1 rings (SSSR count). The fourth-order valence-electron chi connectivity index (χ4n) is 1.31. The van der Waals surface area contributed by atoms with Crippen LogP contribution < -0.4 is 11.1 Å². The van der Waals surface area contributed by atoms with Gasteiger partial charge in [0.05, 0.1) is 0 Å². The van der Waals surface area contributed by atoms with Gasteiger partial charge in [-0.05, 0) is 38.0 Å². The van der Waals surface area contributed by atoms with Crippen molar-refractivity contribution in [1.82, 2.24) is 5.32 Å². The van der Waals surface area contributed by atoms with Gasteiger partial charge in [-0.2, -0.15) is 0 Å². The third kappa shape index (κ3) is 3.35. The average Bonchev–Trinajstić information content (AvgIpc) is 2.28. The molecule has 0 saturated carbocycles. The summed E-state index contributed by atoms with van der Waals surface area (Å²) in [6.45, 7) is 6.53. The number of nitrogens with one attached hydrogen (secondary N) is 1. The topological polar surface area (TPSA) is 55.1 Å². The molecule has 0 heterocycles. The molecule has 16 heavy (non-hydrogen) atoms. The highest BCUT2D eigenvalue weighted by molar-refractivity contribution is 5.94. The first-order valence-electron chi connectivity index (χ1n) is 5.60. The third-order valence-corrected chi connectivity index (χ3v) is 2.76. The van der Waals surface area contributed by atoms with Crippen molar-refractivity contribution in [2.45, 2.75) is 39.3 Å². The van der Waals surface area contributed by atoms with Gasteiger partial charge in [0, 0.05) is 17.6 Å². The van der Waals surface area contributed by atoms with Crippen molar-refractivity contribution in [3.05, 3.63) is 35.4 Å². The van der Waals surface area contributed by atoms with Crippen LogP contribution in [0.5, 0.6) is 0 Å². The molecule has 3 nitrogen and oxygen atoms in total. The quantitative estimate of drug-likeness (QED) is 0.816. The highest BCUT2D eigenvalue weighted by Gasteiger charge is 2.18. The Morgan fingerprint density at radius 1 is 1.44 bits per heavy atom. The zero-order valence-electron chi connectivity index (χ0n) is 10.2. The molecule has 1 aromatic carbocycles. The van der Waals surface area contributed by atoms with Gasteiger partial charge in [-0.15, -0.1) is 0 Å². The molecule has 0 bridgehead atoms. The van der Waals surface area contributed by atoms with Crippen LogP contribution >= 0.6 is 0 Å². The maximum Gasteiger partial charge on any atom is 0.251 e. The second-order valence-electron chi connectivity index (χ2n) is 4.60. The first-order chi connectivity index (χ1) is 7.48. The van der Waals surface area contributed by atoms with E-state index in [4.69, 9.17) is 5.73 Å². The van der Waals surface area contributed by atoms with E-state index in [0.29, 0.717) is 12.1 Å². The van der Waals surface area contributed by atoms with Crippen molar-refractivity contribution in [3.8, 4) is 0 Å². The van der Waals surface area contributed by atoms with Crippen LogP contribution in [0.4, 0.5) is 0 Å². The summed E-state index contributed by atoms with van der Waals surface area (Å²) in [6, 6.07) is 7.42. The van der Waals surface area contributed by atoms with Gasteiger partial charge in [0.1, 0.15) is 0 Å². The van der Waals surface area contributed by atoms with Crippen LogP contribution in [0.2, 0.25) is 0 Å². The summed E-state index contributed by atoms with van der Waals surface area (Å²) in [4.78, 5) is 11.9. The minimum atomic E-state index is -0.171. The van der Waals surface area contributed by atoms with Crippen LogP contribution in [0.25, 0.3) is 0 Å². The Bertz CT molecular complexity index is 372. The van der Waals surface area contributed by atoms with Crippen molar-refractivity contribution in [1.29, 1.82) is 0 Å². The first-order valence-corrected chi connectivity index (χ1v) is 5.60. The number of carbonyl (C=O) groups excluding carboxylic acids is 1. The Morgan fingerprint density at radius 3 is 2.69 bits per heavy atom. The van der Waals surface area contributed by atoms with Crippen LogP contribution in [0.1, 0.15) is 43.1 Å². The van der Waals surface area contributed by atoms with Gasteiger partial charge in [-0.1, -0.05) is 19.1 Å². The molecule has 0 spiro atoms. The highest BCUT2D eigenvalue weighted by atomic mass is 16.1. The number of hydrogen-bond donors (Lipinski definition) is 2. The lowest BCUT2D eigenvalue weighted by atomic mass is 10.0. The second-order valence-corrected chi connectivity index (χ2v) is 4.60. The van der Waals surface area contributed by atoms with Gasteiger partial charge in [-0.25, -0.2) is 0 Å². The predicted octanol–water partition coefficient (Wildman–Crippen LogP) is 2.06. The maximum atomic E-state index is 11.9. The first kappa shape index (κ1) is 12.7. The summed E-state index contributed by atoms with van der Waals surface area (Å²) < 4.78 is 0. The molecule has 3 heteroatoms. The Kier molecular flexibility index (Phi) is 4.07. The Balaban J connectivity index is 2.80. The molecule has 88 valence electrons. The molecule has 0 saturated heterocycles. The summed E-state index contributed by atoms with van der Waals surface area (Å²) in [5.41, 5.74) is 7.01. The minimum Gasteiger partial charge on any atom is -0.347 e. The van der Waals surface area contributed by atoms with Crippen molar-refractivity contribution < 1.29 is 4.79 Å². The molecule has 0 radical (unpaired) electrons. The SMILES string of the molecule is CCC(C)(C)NC(=O)c1cccc(CN)c1. The Morgan fingerprint density at radius 2 is 2.12 bits per heavy atom. The molecule has 0 aliphatic heterocycles. The molecule has 1 amide bonds. The molecular formula is C13H20N2O. The van der Waals surface area contributed by atoms with Gasteiger partial charge < -0.3 is 11.1 Å². The fraction of sp³-hybridized carbons (Fsp3) is 0.462. The van der Waals surface area contributed by atoms with Crippen molar-refractivity contribution in [2.75, 3.05) is 0 Å². The van der Waals surface area contributed by atoms with Gasteiger partial charge in [0.15, 0.2) is 0 Å². The van der Waals surface area contributed by atoms with E-state index in [1.54, 1.807) is 6.07 Å². The number of amides is 1. The number of rotatable bonds is 4. The van der Waals surface area contributed by atoms with E-state index >= 15 is 0 Å². The van der Waals surface area contributed by atoms with Gasteiger partial charge in [0.25, 0.3) is 5.91 Å². The maximum absolute atomic E-state index is 11.9. The smallest absolute Gasteiger partial charge is 0.251 e. The standard InChI is InChI=1S/C13H20N2O/c1-4-13(2,3)15-12(16)11-7-5-6-10(8-11)9-14/h5-8H,4,9,14H2,1-3H3,(H,15,16). The van der Waals surface area contributed by atoms with E-state index in [1.807, 2.05) is 32.0 Å². The average molecular weight is 220 g/mol. The molecule has 0 atom stereocenters. The fourth-order valence-corrected chi connectivity index (χ4v) is 1.31. The summed E-state index contributed by atoms with van der Waals surface area (Å²) >= 11 is 0. The zero-order chi connectivity index (χ0) is 12.2. The largest absolute Gasteiger partial charge is 0.347 e. The molecule has 1 aromatic rings. The zero-order valence-corrected chi connectivity index (χ0v) is 10.2. The van der Waals surface area contributed by atoms with E-state index < -0.39 is 0 Å². The second kappa shape index (κ2) is 5.12. The number of nitrogens with two attached hydrogens (primary N) is 1. The molecule has 0 unspecified atom stereocenters. The molecule has 0 fully saturated rings. The van der Waals surface area contributed by atoms with Gasteiger partial charge in [-0.3, -0.25) is 4.79 Å². The lowest BCUT2D eigenvalue weighted by molar-refractivity contribution is 0.0911. The van der Waals surface area contributed by atoms with Crippen molar-refractivity contribution in [3.63, 3.8) is 0 Å². The molecule has 0 aliphatic rings. The Labute approximate surface area is 97.0 Å².